The van der Waals surface area contributed by atoms with Crippen LogP contribution in [0.4, 0.5) is 0 Å². The summed E-state index contributed by atoms with van der Waals surface area (Å²) in [6, 6.07) is 0. The predicted molar refractivity (Wildman–Crippen MR) is 121 cm³/mol. The van der Waals surface area contributed by atoms with Crippen LogP contribution in [-0.4, -0.2) is 28.7 Å². The Balaban J connectivity index is 1.51. The molecule has 0 aliphatic heterocycles. The van der Waals surface area contributed by atoms with Crippen molar-refractivity contribution in [2.75, 3.05) is 6.61 Å². The van der Waals surface area contributed by atoms with Crippen LogP contribution in [0.1, 0.15) is 91.9 Å². The summed E-state index contributed by atoms with van der Waals surface area (Å²) in [7, 11) is 0. The first-order valence-corrected chi connectivity index (χ1v) is 12.7. The van der Waals surface area contributed by atoms with Crippen molar-refractivity contribution >= 4 is 5.78 Å². The van der Waals surface area contributed by atoms with E-state index in [1.807, 2.05) is 6.08 Å². The third kappa shape index (κ3) is 3.62. The molecule has 3 saturated carbocycles. The van der Waals surface area contributed by atoms with Crippen molar-refractivity contribution in [3.8, 4) is 0 Å². The number of carbonyl (C=O) groups excluding carboxylic acids is 1. The van der Waals surface area contributed by atoms with E-state index in [0.717, 1.165) is 25.2 Å². The lowest BCUT2D eigenvalue weighted by Crippen LogP contribution is -2.53. The molecule has 0 heterocycles. The second-order valence-corrected chi connectivity index (χ2v) is 12.0. The van der Waals surface area contributed by atoms with E-state index in [-0.39, 0.29) is 17.4 Å². The maximum absolute atomic E-state index is 13.4. The van der Waals surface area contributed by atoms with Crippen LogP contribution in [0.2, 0.25) is 0 Å². The fourth-order valence-corrected chi connectivity index (χ4v) is 8.44. The van der Waals surface area contributed by atoms with E-state index in [2.05, 4.69) is 27.7 Å². The molecule has 4 aliphatic rings. The lowest BCUT2D eigenvalue weighted by Gasteiger charge is -2.57. The van der Waals surface area contributed by atoms with E-state index < -0.39 is 0 Å². The number of hydrogen-bond donors (Lipinski definition) is 2. The van der Waals surface area contributed by atoms with Crippen molar-refractivity contribution in [1.82, 2.24) is 0 Å². The first-order valence-electron chi connectivity index (χ1n) is 12.7. The smallest absolute Gasteiger partial charge is 0.159 e. The van der Waals surface area contributed by atoms with E-state index in [1.165, 1.54) is 44.1 Å². The zero-order valence-corrected chi connectivity index (χ0v) is 19.7. The number of ketones is 1. The number of hydrogen-bond acceptors (Lipinski definition) is 3. The van der Waals surface area contributed by atoms with Crippen molar-refractivity contribution in [2.45, 2.75) is 98.0 Å². The van der Waals surface area contributed by atoms with Gasteiger partial charge in [0.25, 0.3) is 0 Å². The van der Waals surface area contributed by atoms with E-state index in [9.17, 15) is 15.0 Å². The third-order valence-electron chi connectivity index (χ3n) is 10.3. The highest BCUT2D eigenvalue weighted by atomic mass is 16.3. The number of aliphatic hydroxyl groups excluding tert-OH is 2. The summed E-state index contributed by atoms with van der Waals surface area (Å²) >= 11 is 0. The molecule has 0 aromatic carbocycles. The Hall–Kier alpha value is -0.670. The number of carbonyl (C=O) groups is 1. The van der Waals surface area contributed by atoms with E-state index >= 15 is 0 Å². The molecule has 170 valence electrons. The highest BCUT2D eigenvalue weighted by Gasteiger charge is 2.61. The Morgan fingerprint density at radius 3 is 2.57 bits per heavy atom. The molecule has 0 bridgehead atoms. The molecule has 3 nitrogen and oxygen atoms in total. The molecule has 8 unspecified atom stereocenters. The Morgan fingerprint density at radius 2 is 1.83 bits per heavy atom. The quantitative estimate of drug-likeness (QED) is 0.598. The van der Waals surface area contributed by atoms with Gasteiger partial charge < -0.3 is 10.2 Å². The summed E-state index contributed by atoms with van der Waals surface area (Å²) in [5.74, 6) is 3.45. The zero-order chi connectivity index (χ0) is 21.7. The van der Waals surface area contributed by atoms with Crippen LogP contribution in [0.15, 0.2) is 11.6 Å². The first kappa shape index (κ1) is 22.5. The van der Waals surface area contributed by atoms with Crippen LogP contribution in [0, 0.1) is 46.3 Å². The molecule has 3 fully saturated rings. The molecule has 2 N–H and O–H groups in total. The van der Waals surface area contributed by atoms with Gasteiger partial charge in [0.15, 0.2) is 5.78 Å². The normalized spacial score (nSPS) is 45.2. The van der Waals surface area contributed by atoms with E-state index in [0.29, 0.717) is 47.9 Å². The average molecular weight is 417 g/mol. The predicted octanol–water partition coefficient (Wildman–Crippen LogP) is 5.54. The molecule has 0 radical (unpaired) electrons. The van der Waals surface area contributed by atoms with Crippen LogP contribution in [0.5, 0.6) is 0 Å². The lowest BCUT2D eigenvalue weighted by atomic mass is 9.46. The van der Waals surface area contributed by atoms with Gasteiger partial charge in [0, 0.05) is 12.5 Å². The Kier molecular flexibility index (Phi) is 6.27. The first-order chi connectivity index (χ1) is 14.2. The van der Waals surface area contributed by atoms with Crippen LogP contribution < -0.4 is 0 Å². The molecule has 4 rings (SSSR count). The Morgan fingerprint density at radius 1 is 1.07 bits per heavy atom. The van der Waals surface area contributed by atoms with Crippen molar-refractivity contribution < 1.29 is 15.0 Å². The summed E-state index contributed by atoms with van der Waals surface area (Å²) in [6.45, 7) is 9.79. The summed E-state index contributed by atoms with van der Waals surface area (Å²) in [4.78, 5) is 13.4. The van der Waals surface area contributed by atoms with Gasteiger partial charge in [0.2, 0.25) is 0 Å². The maximum Gasteiger partial charge on any atom is 0.159 e. The van der Waals surface area contributed by atoms with Crippen LogP contribution in [0.25, 0.3) is 0 Å². The molecule has 3 heteroatoms. The summed E-state index contributed by atoms with van der Waals surface area (Å²) in [5.41, 5.74) is 1.68. The van der Waals surface area contributed by atoms with Gasteiger partial charge in [-0.2, -0.15) is 0 Å². The monoisotopic (exact) mass is 416 g/mol. The number of fused-ring (bicyclic) bond motifs is 5. The molecule has 0 spiro atoms. The highest BCUT2D eigenvalue weighted by Crippen LogP contribution is 2.66. The Labute approximate surface area is 183 Å². The summed E-state index contributed by atoms with van der Waals surface area (Å²) in [6.07, 6.45) is 12.9. The van der Waals surface area contributed by atoms with Gasteiger partial charge in [-0.15, -0.1) is 0 Å². The largest absolute Gasteiger partial charge is 0.396 e. The van der Waals surface area contributed by atoms with Gasteiger partial charge in [-0.3, -0.25) is 4.79 Å². The van der Waals surface area contributed by atoms with Crippen molar-refractivity contribution in [2.24, 2.45) is 46.3 Å². The number of rotatable bonds is 6. The second-order valence-electron chi connectivity index (χ2n) is 12.0. The minimum atomic E-state index is -0.257. The molecule has 30 heavy (non-hydrogen) atoms. The average Bonchev–Trinajstić information content (AvgIpc) is 3.06. The third-order valence-corrected chi connectivity index (χ3v) is 10.3. The molecule has 0 saturated heterocycles. The number of allylic oxidation sites excluding steroid dienone is 1. The van der Waals surface area contributed by atoms with Crippen LogP contribution in [0.3, 0.4) is 0 Å². The van der Waals surface area contributed by atoms with Crippen molar-refractivity contribution in [1.29, 1.82) is 0 Å². The zero-order valence-electron chi connectivity index (χ0n) is 19.7. The van der Waals surface area contributed by atoms with Gasteiger partial charge in [-0.1, -0.05) is 46.1 Å². The van der Waals surface area contributed by atoms with Gasteiger partial charge in [-0.05, 0) is 97.9 Å². The molecule has 0 aromatic heterocycles. The molecule has 9 atom stereocenters. The van der Waals surface area contributed by atoms with Crippen LogP contribution in [-0.2, 0) is 4.79 Å². The van der Waals surface area contributed by atoms with E-state index in [4.69, 9.17) is 0 Å². The SMILES string of the molecule is CC(CO)CCCC(C)C1CCC2C3C(=O)C=C4C[C@@H](O)CCC4(C)C3CCC12C. The van der Waals surface area contributed by atoms with Crippen molar-refractivity contribution in [3.63, 3.8) is 0 Å². The molecule has 0 amide bonds. The summed E-state index contributed by atoms with van der Waals surface area (Å²) < 4.78 is 0. The standard InChI is InChI=1S/C27H44O3/c1-17(16-28)6-5-7-18(2)21-8-9-22-25-23(11-13-27(21,22)4)26(3)12-10-20(29)14-19(26)15-24(25)30/h15,17-18,20-23,25,28-29H,5-14,16H2,1-4H3/t17?,18?,20-,21?,22?,23?,25?,26?,27?/m0/s1. The highest BCUT2D eigenvalue weighted by molar-refractivity contribution is 5.94. The van der Waals surface area contributed by atoms with Gasteiger partial charge in [0.1, 0.15) is 0 Å². The maximum atomic E-state index is 13.4. The summed E-state index contributed by atoms with van der Waals surface area (Å²) in [5, 5.41) is 19.5. The van der Waals surface area contributed by atoms with Gasteiger partial charge in [-0.25, -0.2) is 0 Å². The van der Waals surface area contributed by atoms with Gasteiger partial charge in [0.05, 0.1) is 6.10 Å². The second kappa shape index (κ2) is 8.35. The van der Waals surface area contributed by atoms with E-state index in [1.54, 1.807) is 0 Å². The molecular weight excluding hydrogens is 372 g/mol. The Bertz CT molecular complexity index is 684. The van der Waals surface area contributed by atoms with Crippen LogP contribution >= 0.6 is 0 Å². The number of aliphatic hydroxyl groups is 2. The fraction of sp³-hybridized carbons (Fsp3) is 0.889. The lowest BCUT2D eigenvalue weighted by molar-refractivity contribution is -0.135. The minimum absolute atomic E-state index is 0.128. The van der Waals surface area contributed by atoms with Crippen molar-refractivity contribution in [3.05, 3.63) is 11.6 Å². The van der Waals surface area contributed by atoms with Gasteiger partial charge >= 0.3 is 0 Å². The molecule has 0 aromatic rings. The molecule has 4 aliphatic carbocycles. The minimum Gasteiger partial charge on any atom is -0.396 e. The fourth-order valence-electron chi connectivity index (χ4n) is 8.44. The molecular formula is C27H44O3. The topological polar surface area (TPSA) is 57.5 Å².